The Morgan fingerprint density at radius 2 is 2.21 bits per heavy atom. The highest BCUT2D eigenvalue weighted by atomic mass is 79.9. The number of hydrogen-bond acceptors (Lipinski definition) is 3. The molecule has 2 aromatic rings. The van der Waals surface area contributed by atoms with E-state index >= 15 is 0 Å². The summed E-state index contributed by atoms with van der Waals surface area (Å²) in [5.74, 6) is 0.723. The van der Waals surface area contributed by atoms with Gasteiger partial charge in [-0.05, 0) is 31.2 Å². The molecular formula is C14H17BrN2O2. The zero-order valence-electron chi connectivity index (χ0n) is 11.0. The summed E-state index contributed by atoms with van der Waals surface area (Å²) >= 11 is 3.40. The van der Waals surface area contributed by atoms with Gasteiger partial charge in [-0.15, -0.1) is 0 Å². The summed E-state index contributed by atoms with van der Waals surface area (Å²) in [6.07, 6.45) is 2.01. The van der Waals surface area contributed by atoms with Crippen molar-refractivity contribution in [3.8, 4) is 5.75 Å². The maximum atomic E-state index is 9.74. The fourth-order valence-electron chi connectivity index (χ4n) is 1.89. The van der Waals surface area contributed by atoms with Crippen molar-refractivity contribution in [1.29, 1.82) is 0 Å². The third kappa shape index (κ3) is 3.58. The Morgan fingerprint density at radius 3 is 2.84 bits per heavy atom. The fraction of sp³-hybridized carbons (Fsp3) is 0.357. The topological polar surface area (TPSA) is 47.3 Å². The van der Waals surface area contributed by atoms with Gasteiger partial charge in [0.05, 0.1) is 12.7 Å². The predicted octanol–water partition coefficient (Wildman–Crippen LogP) is 2.86. The van der Waals surface area contributed by atoms with E-state index in [9.17, 15) is 5.11 Å². The van der Waals surface area contributed by atoms with Crippen LogP contribution in [0.1, 0.15) is 24.3 Å². The summed E-state index contributed by atoms with van der Waals surface area (Å²) < 4.78 is 8.53. The van der Waals surface area contributed by atoms with Crippen molar-refractivity contribution in [2.24, 2.45) is 7.05 Å². The molecule has 0 radical (unpaired) electrons. The number of aliphatic hydroxyl groups excluding tert-OH is 1. The van der Waals surface area contributed by atoms with Crippen LogP contribution in [0, 0.1) is 0 Å². The fourth-order valence-corrected chi connectivity index (χ4v) is 2.27. The van der Waals surface area contributed by atoms with E-state index in [1.165, 1.54) is 0 Å². The van der Waals surface area contributed by atoms with Crippen molar-refractivity contribution in [2.75, 3.05) is 6.61 Å². The van der Waals surface area contributed by atoms with Crippen LogP contribution in [0.3, 0.4) is 0 Å². The highest BCUT2D eigenvalue weighted by Gasteiger charge is 2.10. The van der Waals surface area contributed by atoms with Crippen molar-refractivity contribution in [2.45, 2.75) is 19.4 Å². The number of ether oxygens (including phenoxy) is 1. The average Bonchev–Trinajstić information content (AvgIpc) is 2.77. The Kier molecular flexibility index (Phi) is 4.61. The maximum absolute atomic E-state index is 9.74. The summed E-state index contributed by atoms with van der Waals surface area (Å²) in [4.78, 5) is 0. The molecule has 0 aliphatic carbocycles. The lowest BCUT2D eigenvalue weighted by Crippen LogP contribution is -2.07. The minimum atomic E-state index is -0.552. The van der Waals surface area contributed by atoms with Gasteiger partial charge in [0.2, 0.25) is 0 Å². The molecule has 1 aromatic carbocycles. The standard InChI is InChI=1S/C14H17BrN2O2/c1-10(18)13-9-11(15)3-4-14(13)19-8-6-12-5-7-16-17(12)2/h3-5,7,9-10,18H,6,8H2,1-2H3/t10-/m0/s1. The van der Waals surface area contributed by atoms with E-state index in [2.05, 4.69) is 21.0 Å². The molecule has 19 heavy (non-hydrogen) atoms. The molecule has 0 spiro atoms. The first kappa shape index (κ1) is 14.1. The van der Waals surface area contributed by atoms with E-state index in [1.54, 1.807) is 13.1 Å². The number of rotatable bonds is 5. The van der Waals surface area contributed by atoms with Crippen LogP contribution in [0.15, 0.2) is 34.9 Å². The van der Waals surface area contributed by atoms with Crippen LogP contribution in [0.25, 0.3) is 0 Å². The first-order chi connectivity index (χ1) is 9.08. The van der Waals surface area contributed by atoms with Crippen LogP contribution in [0.2, 0.25) is 0 Å². The Hall–Kier alpha value is -1.33. The summed E-state index contributed by atoms with van der Waals surface area (Å²) in [5, 5.41) is 13.9. The molecule has 0 amide bonds. The van der Waals surface area contributed by atoms with E-state index in [0.717, 1.165) is 27.9 Å². The first-order valence-electron chi connectivity index (χ1n) is 6.15. The summed E-state index contributed by atoms with van der Waals surface area (Å²) in [6.45, 7) is 2.29. The number of halogens is 1. The van der Waals surface area contributed by atoms with E-state index < -0.39 is 6.10 Å². The Morgan fingerprint density at radius 1 is 1.42 bits per heavy atom. The third-order valence-corrected chi connectivity index (χ3v) is 3.45. The first-order valence-corrected chi connectivity index (χ1v) is 6.94. The number of aliphatic hydroxyl groups is 1. The van der Waals surface area contributed by atoms with Crippen molar-refractivity contribution < 1.29 is 9.84 Å². The van der Waals surface area contributed by atoms with E-state index in [-0.39, 0.29) is 0 Å². The van der Waals surface area contributed by atoms with E-state index in [1.807, 2.05) is 36.0 Å². The van der Waals surface area contributed by atoms with Crippen LogP contribution in [-0.4, -0.2) is 21.5 Å². The van der Waals surface area contributed by atoms with Gasteiger partial charge >= 0.3 is 0 Å². The molecule has 2 rings (SSSR count). The zero-order chi connectivity index (χ0) is 13.8. The van der Waals surface area contributed by atoms with Crippen molar-refractivity contribution in [3.05, 3.63) is 46.2 Å². The van der Waals surface area contributed by atoms with Gasteiger partial charge in [0.1, 0.15) is 5.75 Å². The predicted molar refractivity (Wildman–Crippen MR) is 77.2 cm³/mol. The molecule has 0 bridgehead atoms. The lowest BCUT2D eigenvalue weighted by molar-refractivity contribution is 0.191. The van der Waals surface area contributed by atoms with Gasteiger partial charge in [-0.25, -0.2) is 0 Å². The zero-order valence-corrected chi connectivity index (χ0v) is 12.6. The number of hydrogen-bond donors (Lipinski definition) is 1. The Balaban J connectivity index is 2.01. The smallest absolute Gasteiger partial charge is 0.125 e. The maximum Gasteiger partial charge on any atom is 0.125 e. The molecule has 0 aliphatic heterocycles. The minimum Gasteiger partial charge on any atom is -0.493 e. The summed E-state index contributed by atoms with van der Waals surface area (Å²) in [6, 6.07) is 7.63. The molecule has 0 unspecified atom stereocenters. The van der Waals surface area contributed by atoms with Gasteiger partial charge in [0, 0.05) is 35.4 Å². The van der Waals surface area contributed by atoms with Crippen molar-refractivity contribution in [1.82, 2.24) is 9.78 Å². The van der Waals surface area contributed by atoms with Gasteiger partial charge in [-0.3, -0.25) is 4.68 Å². The Labute approximate surface area is 121 Å². The molecular weight excluding hydrogens is 308 g/mol. The molecule has 5 heteroatoms. The van der Waals surface area contributed by atoms with Crippen molar-refractivity contribution >= 4 is 15.9 Å². The summed E-state index contributed by atoms with van der Waals surface area (Å²) in [7, 11) is 1.91. The van der Waals surface area contributed by atoms with Crippen LogP contribution < -0.4 is 4.74 Å². The lowest BCUT2D eigenvalue weighted by atomic mass is 10.1. The SMILES string of the molecule is C[C@H](O)c1cc(Br)ccc1OCCc1ccnn1C. The quantitative estimate of drug-likeness (QED) is 0.919. The lowest BCUT2D eigenvalue weighted by Gasteiger charge is -2.14. The number of aromatic nitrogens is 2. The van der Waals surface area contributed by atoms with Gasteiger partial charge in [0.15, 0.2) is 0 Å². The Bertz CT molecular complexity index is 552. The third-order valence-electron chi connectivity index (χ3n) is 2.96. The number of aryl methyl sites for hydroxylation is 1. The normalized spacial score (nSPS) is 12.4. The summed E-state index contributed by atoms with van der Waals surface area (Å²) in [5.41, 5.74) is 1.91. The minimum absolute atomic E-state index is 0.552. The molecule has 102 valence electrons. The van der Waals surface area contributed by atoms with E-state index in [0.29, 0.717) is 6.61 Å². The number of nitrogens with zero attached hydrogens (tertiary/aromatic N) is 2. The van der Waals surface area contributed by atoms with Gasteiger partial charge < -0.3 is 9.84 Å². The van der Waals surface area contributed by atoms with Crippen LogP contribution >= 0.6 is 15.9 Å². The highest BCUT2D eigenvalue weighted by Crippen LogP contribution is 2.28. The van der Waals surface area contributed by atoms with Gasteiger partial charge in [0.25, 0.3) is 0 Å². The molecule has 4 nitrogen and oxygen atoms in total. The largest absolute Gasteiger partial charge is 0.493 e. The van der Waals surface area contributed by atoms with Gasteiger partial charge in [-0.1, -0.05) is 15.9 Å². The van der Waals surface area contributed by atoms with Gasteiger partial charge in [-0.2, -0.15) is 5.10 Å². The molecule has 0 saturated heterocycles. The monoisotopic (exact) mass is 324 g/mol. The van der Waals surface area contributed by atoms with E-state index in [4.69, 9.17) is 4.74 Å². The van der Waals surface area contributed by atoms with Crippen LogP contribution in [0.4, 0.5) is 0 Å². The second-order valence-corrected chi connectivity index (χ2v) is 5.32. The second kappa shape index (κ2) is 6.21. The second-order valence-electron chi connectivity index (χ2n) is 4.40. The number of benzene rings is 1. The molecule has 1 heterocycles. The molecule has 1 N–H and O–H groups in total. The molecule has 0 fully saturated rings. The molecule has 1 atom stereocenters. The van der Waals surface area contributed by atoms with Crippen LogP contribution in [0.5, 0.6) is 5.75 Å². The average molecular weight is 325 g/mol. The van der Waals surface area contributed by atoms with Crippen molar-refractivity contribution in [3.63, 3.8) is 0 Å². The molecule has 1 aromatic heterocycles. The molecule has 0 saturated carbocycles. The van der Waals surface area contributed by atoms with Crippen LogP contribution in [-0.2, 0) is 13.5 Å². The molecule has 0 aliphatic rings. The highest BCUT2D eigenvalue weighted by molar-refractivity contribution is 9.10.